The van der Waals surface area contributed by atoms with Crippen LogP contribution in [0.1, 0.15) is 5.56 Å². The van der Waals surface area contributed by atoms with Crippen LogP contribution < -0.4 is 4.90 Å². The molecule has 1 fully saturated rings. The molecule has 0 unspecified atom stereocenters. The van der Waals surface area contributed by atoms with Crippen LogP contribution in [-0.4, -0.2) is 49.5 Å². The van der Waals surface area contributed by atoms with Crippen molar-refractivity contribution in [3.63, 3.8) is 0 Å². The maximum Gasteiger partial charge on any atom is 0.208 e. The Hall–Kier alpha value is -3.16. The molecule has 2 aromatic heterocycles. The first-order valence-electron chi connectivity index (χ1n) is 10.4. The zero-order valence-electron chi connectivity index (χ0n) is 17.1. The van der Waals surface area contributed by atoms with Crippen LogP contribution in [0, 0.1) is 0 Å². The van der Waals surface area contributed by atoms with E-state index in [1.165, 1.54) is 5.56 Å². The second-order valence-electron chi connectivity index (χ2n) is 7.81. The zero-order valence-corrected chi connectivity index (χ0v) is 17.9. The Bertz CT molecular complexity index is 1280. The lowest BCUT2D eigenvalue weighted by Crippen LogP contribution is -2.46. The molecule has 0 amide bonds. The molecular formula is C24H24N4O2S. The van der Waals surface area contributed by atoms with Gasteiger partial charge in [0.2, 0.25) is 9.84 Å². The highest BCUT2D eigenvalue weighted by Gasteiger charge is 2.24. The molecular weight excluding hydrogens is 408 g/mol. The SMILES string of the molecule is O=S(=O)(c1ccccc1)c1c[nH]c2ncc(N3CCN(Cc4ccccc4)CC3)cc12. The molecule has 0 bridgehead atoms. The number of benzene rings is 2. The topological polar surface area (TPSA) is 69.3 Å². The minimum absolute atomic E-state index is 0.269. The number of anilines is 1. The largest absolute Gasteiger partial charge is 0.368 e. The summed E-state index contributed by atoms with van der Waals surface area (Å²) in [6.07, 6.45) is 3.37. The molecule has 158 valence electrons. The molecule has 5 rings (SSSR count). The Labute approximate surface area is 182 Å². The van der Waals surface area contributed by atoms with Crippen molar-refractivity contribution in [2.75, 3.05) is 31.1 Å². The number of aromatic amines is 1. The van der Waals surface area contributed by atoms with E-state index in [1.54, 1.807) is 30.5 Å². The van der Waals surface area contributed by atoms with Gasteiger partial charge in [-0.15, -0.1) is 0 Å². The molecule has 1 aliphatic heterocycles. The normalized spacial score (nSPS) is 15.4. The van der Waals surface area contributed by atoms with Crippen molar-refractivity contribution in [2.45, 2.75) is 16.3 Å². The van der Waals surface area contributed by atoms with E-state index in [4.69, 9.17) is 0 Å². The third-order valence-electron chi connectivity index (χ3n) is 5.81. The smallest absolute Gasteiger partial charge is 0.208 e. The van der Waals surface area contributed by atoms with Gasteiger partial charge in [-0.05, 0) is 23.8 Å². The van der Waals surface area contributed by atoms with E-state index >= 15 is 0 Å². The molecule has 2 aromatic carbocycles. The van der Waals surface area contributed by atoms with Gasteiger partial charge in [-0.2, -0.15) is 0 Å². The average Bonchev–Trinajstić information content (AvgIpc) is 3.25. The van der Waals surface area contributed by atoms with E-state index in [0.29, 0.717) is 11.0 Å². The highest BCUT2D eigenvalue weighted by Crippen LogP contribution is 2.30. The fraction of sp³-hybridized carbons (Fsp3) is 0.208. The maximum absolute atomic E-state index is 13.1. The molecule has 0 radical (unpaired) electrons. The van der Waals surface area contributed by atoms with E-state index in [9.17, 15) is 8.42 Å². The van der Waals surface area contributed by atoms with Crippen molar-refractivity contribution in [1.29, 1.82) is 0 Å². The summed E-state index contributed by atoms with van der Waals surface area (Å²) >= 11 is 0. The summed E-state index contributed by atoms with van der Waals surface area (Å²) in [6, 6.07) is 21.0. The molecule has 0 aliphatic carbocycles. The van der Waals surface area contributed by atoms with Crippen molar-refractivity contribution in [3.8, 4) is 0 Å². The van der Waals surface area contributed by atoms with Gasteiger partial charge in [-0.1, -0.05) is 48.5 Å². The predicted molar refractivity (Wildman–Crippen MR) is 122 cm³/mol. The van der Waals surface area contributed by atoms with Gasteiger partial charge in [0.05, 0.1) is 21.7 Å². The zero-order chi connectivity index (χ0) is 21.3. The van der Waals surface area contributed by atoms with Crippen LogP contribution in [0.15, 0.2) is 88.9 Å². The summed E-state index contributed by atoms with van der Waals surface area (Å²) in [5, 5.41) is 0.632. The number of nitrogens with one attached hydrogen (secondary N) is 1. The van der Waals surface area contributed by atoms with Crippen LogP contribution in [0.2, 0.25) is 0 Å². The van der Waals surface area contributed by atoms with Gasteiger partial charge < -0.3 is 9.88 Å². The molecule has 0 saturated carbocycles. The highest BCUT2D eigenvalue weighted by atomic mass is 32.2. The summed E-state index contributed by atoms with van der Waals surface area (Å²) in [4.78, 5) is 12.8. The molecule has 31 heavy (non-hydrogen) atoms. The summed E-state index contributed by atoms with van der Waals surface area (Å²) in [6.45, 7) is 4.62. The molecule has 6 nitrogen and oxygen atoms in total. The van der Waals surface area contributed by atoms with Crippen molar-refractivity contribution in [2.24, 2.45) is 0 Å². The van der Waals surface area contributed by atoms with Gasteiger partial charge in [0.1, 0.15) is 5.65 Å². The van der Waals surface area contributed by atoms with Crippen LogP contribution in [0.5, 0.6) is 0 Å². The van der Waals surface area contributed by atoms with Gasteiger partial charge in [0.15, 0.2) is 0 Å². The Morgan fingerprint density at radius 3 is 2.29 bits per heavy atom. The number of rotatable bonds is 5. The molecule has 1 aliphatic rings. The van der Waals surface area contributed by atoms with Crippen molar-refractivity contribution >= 4 is 26.6 Å². The molecule has 7 heteroatoms. The Kier molecular flexibility index (Phi) is 5.21. The standard InChI is InChI=1S/C24H24N4O2S/c29-31(30,21-9-5-2-6-10-21)23-17-26-24-22(23)15-20(16-25-24)28-13-11-27(12-14-28)18-19-7-3-1-4-8-19/h1-10,15-17H,11-14,18H2,(H,25,26). The monoisotopic (exact) mass is 432 g/mol. The number of sulfone groups is 1. The molecule has 0 atom stereocenters. The average molecular weight is 433 g/mol. The predicted octanol–water partition coefficient (Wildman–Crippen LogP) is 3.72. The summed E-state index contributed by atoms with van der Waals surface area (Å²) in [5.41, 5.74) is 2.86. The second kappa shape index (κ2) is 8.17. The molecule has 3 heterocycles. The van der Waals surface area contributed by atoms with E-state index in [0.717, 1.165) is 38.4 Å². The summed E-state index contributed by atoms with van der Waals surface area (Å²) < 4.78 is 26.3. The summed E-state index contributed by atoms with van der Waals surface area (Å²) in [7, 11) is -3.61. The molecule has 1 saturated heterocycles. The number of fused-ring (bicyclic) bond motifs is 1. The van der Waals surface area contributed by atoms with Gasteiger partial charge >= 0.3 is 0 Å². The highest BCUT2D eigenvalue weighted by molar-refractivity contribution is 7.91. The summed E-state index contributed by atoms with van der Waals surface area (Å²) in [5.74, 6) is 0. The van der Waals surface area contributed by atoms with Crippen LogP contribution in [0.25, 0.3) is 11.0 Å². The van der Waals surface area contributed by atoms with Crippen LogP contribution in [0.4, 0.5) is 5.69 Å². The van der Waals surface area contributed by atoms with Gasteiger partial charge in [-0.25, -0.2) is 13.4 Å². The molecule has 1 N–H and O–H groups in total. The van der Waals surface area contributed by atoms with E-state index in [2.05, 4.69) is 44.0 Å². The second-order valence-corrected chi connectivity index (χ2v) is 9.73. The number of pyridine rings is 1. The van der Waals surface area contributed by atoms with Crippen LogP contribution in [0.3, 0.4) is 0 Å². The Morgan fingerprint density at radius 2 is 1.58 bits per heavy atom. The maximum atomic E-state index is 13.1. The Balaban J connectivity index is 1.37. The van der Waals surface area contributed by atoms with Gasteiger partial charge in [0, 0.05) is 44.3 Å². The van der Waals surface area contributed by atoms with Crippen molar-refractivity contribution in [1.82, 2.24) is 14.9 Å². The minimum atomic E-state index is -3.61. The lowest BCUT2D eigenvalue weighted by atomic mass is 10.2. The van der Waals surface area contributed by atoms with Crippen molar-refractivity contribution in [3.05, 3.63) is 84.7 Å². The molecule has 4 aromatic rings. The number of nitrogens with zero attached hydrogens (tertiary/aromatic N) is 3. The van der Waals surface area contributed by atoms with Crippen LogP contribution >= 0.6 is 0 Å². The first-order chi connectivity index (χ1) is 15.1. The Morgan fingerprint density at radius 1 is 0.903 bits per heavy atom. The van der Waals surface area contributed by atoms with E-state index in [1.807, 2.05) is 24.4 Å². The van der Waals surface area contributed by atoms with E-state index in [-0.39, 0.29) is 9.79 Å². The lowest BCUT2D eigenvalue weighted by molar-refractivity contribution is 0.250. The third-order valence-corrected chi connectivity index (χ3v) is 7.62. The number of piperazine rings is 1. The minimum Gasteiger partial charge on any atom is -0.368 e. The third kappa shape index (κ3) is 3.94. The number of H-pyrrole nitrogens is 1. The van der Waals surface area contributed by atoms with Gasteiger partial charge in [-0.3, -0.25) is 4.90 Å². The molecule has 0 spiro atoms. The first kappa shape index (κ1) is 19.8. The van der Waals surface area contributed by atoms with E-state index < -0.39 is 9.84 Å². The number of hydrogen-bond acceptors (Lipinski definition) is 5. The fourth-order valence-electron chi connectivity index (χ4n) is 4.10. The first-order valence-corrected chi connectivity index (χ1v) is 11.9. The number of hydrogen-bond donors (Lipinski definition) is 1. The number of aromatic nitrogens is 2. The fourth-order valence-corrected chi connectivity index (χ4v) is 5.52. The quantitative estimate of drug-likeness (QED) is 0.521. The van der Waals surface area contributed by atoms with Crippen LogP contribution in [-0.2, 0) is 16.4 Å². The van der Waals surface area contributed by atoms with Gasteiger partial charge in [0.25, 0.3) is 0 Å². The lowest BCUT2D eigenvalue weighted by Gasteiger charge is -2.36. The van der Waals surface area contributed by atoms with Crippen molar-refractivity contribution < 1.29 is 8.42 Å².